The number of nitrogens with zero attached hydrogens (tertiary/aromatic N) is 2. The van der Waals surface area contributed by atoms with Gasteiger partial charge in [0.25, 0.3) is 11.5 Å². The van der Waals surface area contributed by atoms with E-state index in [0.29, 0.717) is 41.5 Å². The molecule has 0 bridgehead atoms. The lowest BCUT2D eigenvalue weighted by molar-refractivity contribution is 0.0962. The third kappa shape index (κ3) is 3.79. The number of aryl methyl sites for hydroxylation is 1. The van der Waals surface area contributed by atoms with Crippen LogP contribution in [0, 0.1) is 0 Å². The number of aromatic amines is 1. The molecule has 1 aliphatic heterocycles. The largest absolute Gasteiger partial charge is 0.291 e. The minimum absolute atomic E-state index is 0.114. The molecule has 0 radical (unpaired) electrons. The second kappa shape index (κ2) is 7.21. The lowest BCUT2D eigenvalue weighted by Gasteiger charge is -2.29. The van der Waals surface area contributed by atoms with Crippen molar-refractivity contribution in [2.75, 3.05) is 22.5 Å². The average molecular weight is 413 g/mol. The van der Waals surface area contributed by atoms with Crippen molar-refractivity contribution in [3.8, 4) is 0 Å². The monoisotopic (exact) mass is 413 g/mol. The van der Waals surface area contributed by atoms with Crippen molar-refractivity contribution in [1.29, 1.82) is 0 Å². The number of nitrogens with one attached hydrogen (secondary N) is 3. The third-order valence-electron chi connectivity index (χ3n) is 4.73. The average Bonchev–Trinajstić information content (AvgIpc) is 2.70. The summed E-state index contributed by atoms with van der Waals surface area (Å²) in [6, 6.07) is 11.8. The number of sulfonamides is 1. The van der Waals surface area contributed by atoms with E-state index in [1.807, 2.05) is 0 Å². The highest BCUT2D eigenvalue weighted by Gasteiger charge is 2.24. The Labute approximate surface area is 166 Å². The van der Waals surface area contributed by atoms with E-state index >= 15 is 0 Å². The zero-order valence-electron chi connectivity index (χ0n) is 15.6. The second-order valence-electron chi connectivity index (χ2n) is 6.79. The highest BCUT2D eigenvalue weighted by molar-refractivity contribution is 7.92. The number of fused-ring (bicyclic) bond motifs is 2. The van der Waals surface area contributed by atoms with E-state index in [2.05, 4.69) is 20.8 Å². The molecule has 1 aliphatic rings. The van der Waals surface area contributed by atoms with Gasteiger partial charge in [0.15, 0.2) is 0 Å². The van der Waals surface area contributed by atoms with Crippen LogP contribution in [-0.4, -0.2) is 37.1 Å². The summed E-state index contributed by atoms with van der Waals surface area (Å²) in [7, 11) is -3.36. The van der Waals surface area contributed by atoms with E-state index in [0.717, 1.165) is 5.56 Å². The lowest BCUT2D eigenvalue weighted by Crippen LogP contribution is -2.35. The molecule has 3 N–H and O–H groups in total. The molecule has 1 aromatic heterocycles. The van der Waals surface area contributed by atoms with E-state index in [1.54, 1.807) is 42.5 Å². The molecule has 2 heterocycles. The molecule has 9 nitrogen and oxygen atoms in total. The highest BCUT2D eigenvalue weighted by atomic mass is 32.2. The molecule has 0 unspecified atom stereocenters. The van der Waals surface area contributed by atoms with Crippen molar-refractivity contribution in [1.82, 2.24) is 15.4 Å². The molecule has 1 amide bonds. The summed E-state index contributed by atoms with van der Waals surface area (Å²) in [5.41, 5.74) is 7.07. The number of H-pyrrole nitrogens is 1. The summed E-state index contributed by atoms with van der Waals surface area (Å²) >= 11 is 0. The van der Waals surface area contributed by atoms with Gasteiger partial charge in [0.05, 0.1) is 22.8 Å². The van der Waals surface area contributed by atoms with Crippen LogP contribution in [0.25, 0.3) is 10.9 Å². The number of rotatable bonds is 4. The third-order valence-corrected chi connectivity index (χ3v) is 5.91. The second-order valence-corrected chi connectivity index (χ2v) is 8.70. The minimum atomic E-state index is -3.36. The van der Waals surface area contributed by atoms with Gasteiger partial charge in [0, 0.05) is 12.1 Å². The van der Waals surface area contributed by atoms with Crippen LogP contribution in [0.1, 0.15) is 22.3 Å². The Balaban J connectivity index is 1.53. The number of aromatic nitrogens is 2. The van der Waals surface area contributed by atoms with Gasteiger partial charge in [-0.15, -0.1) is 0 Å². The molecule has 150 valence electrons. The van der Waals surface area contributed by atoms with E-state index in [4.69, 9.17) is 0 Å². The Bertz CT molecular complexity index is 1270. The topological polar surface area (TPSA) is 124 Å². The van der Waals surface area contributed by atoms with Crippen molar-refractivity contribution < 1.29 is 13.2 Å². The number of amides is 1. The predicted molar refractivity (Wildman–Crippen MR) is 110 cm³/mol. The molecule has 2 aromatic carbocycles. The first-order chi connectivity index (χ1) is 13.8. The first-order valence-corrected chi connectivity index (χ1v) is 10.8. The maximum Gasteiger partial charge on any atom is 0.269 e. The Kier molecular flexibility index (Phi) is 4.71. The maximum atomic E-state index is 12.5. The van der Waals surface area contributed by atoms with Crippen LogP contribution in [-0.2, 0) is 16.4 Å². The molecule has 0 aliphatic carbocycles. The van der Waals surface area contributed by atoms with Crippen LogP contribution in [0.15, 0.2) is 47.3 Å². The van der Waals surface area contributed by atoms with Gasteiger partial charge in [-0.1, -0.05) is 12.1 Å². The van der Waals surface area contributed by atoms with Gasteiger partial charge < -0.3 is 0 Å². The van der Waals surface area contributed by atoms with Crippen LogP contribution in [0.3, 0.4) is 0 Å². The normalized spacial score (nSPS) is 13.8. The van der Waals surface area contributed by atoms with Gasteiger partial charge in [-0.05, 0) is 48.7 Å². The number of benzene rings is 2. The fourth-order valence-corrected chi connectivity index (χ4v) is 4.38. The summed E-state index contributed by atoms with van der Waals surface area (Å²) in [5, 5.41) is 0.453. The van der Waals surface area contributed by atoms with E-state index < -0.39 is 15.9 Å². The lowest BCUT2D eigenvalue weighted by atomic mass is 10.0. The Hall–Kier alpha value is -3.40. The molecular weight excluding hydrogens is 394 g/mol. The number of hydrogen-bond donors (Lipinski definition) is 3. The number of carbonyl (C=O) groups excluding carboxylic acids is 1. The fraction of sp³-hybridized carbons (Fsp3) is 0.211. The molecule has 3 aromatic rings. The van der Waals surface area contributed by atoms with Crippen LogP contribution in [0.5, 0.6) is 0 Å². The molecule has 4 rings (SSSR count). The summed E-state index contributed by atoms with van der Waals surface area (Å²) in [6.45, 7) is 0.430. The van der Waals surface area contributed by atoms with Crippen molar-refractivity contribution in [2.24, 2.45) is 0 Å². The van der Waals surface area contributed by atoms with Crippen molar-refractivity contribution in [2.45, 2.75) is 12.8 Å². The Morgan fingerprint density at radius 3 is 2.79 bits per heavy atom. The molecular formula is C19H19N5O4S. The SMILES string of the molecule is CS(=O)(=O)N1CCCc2cc(C(=O)NNc3nc4ccccc4c(=O)[nH]3)ccc21. The summed E-state index contributed by atoms with van der Waals surface area (Å²) in [4.78, 5) is 31.4. The van der Waals surface area contributed by atoms with Gasteiger partial charge in [0.1, 0.15) is 0 Å². The maximum absolute atomic E-state index is 12.5. The highest BCUT2D eigenvalue weighted by Crippen LogP contribution is 2.29. The summed E-state index contributed by atoms with van der Waals surface area (Å²) in [5.74, 6) is -0.316. The number of carbonyl (C=O) groups is 1. The molecule has 0 saturated heterocycles. The van der Waals surface area contributed by atoms with Crippen LogP contribution < -0.4 is 20.7 Å². The first-order valence-electron chi connectivity index (χ1n) is 8.99. The van der Waals surface area contributed by atoms with Gasteiger partial charge >= 0.3 is 0 Å². The predicted octanol–water partition coefficient (Wildman–Crippen LogP) is 1.39. The minimum Gasteiger partial charge on any atom is -0.291 e. The van der Waals surface area contributed by atoms with Crippen LogP contribution in [0.2, 0.25) is 0 Å². The van der Waals surface area contributed by atoms with Crippen LogP contribution in [0.4, 0.5) is 11.6 Å². The van der Waals surface area contributed by atoms with Gasteiger partial charge in [0.2, 0.25) is 16.0 Å². The van der Waals surface area contributed by atoms with Gasteiger partial charge in [-0.25, -0.2) is 13.4 Å². The zero-order chi connectivity index (χ0) is 20.6. The van der Waals surface area contributed by atoms with Crippen molar-refractivity contribution in [3.63, 3.8) is 0 Å². The van der Waals surface area contributed by atoms with Gasteiger partial charge in [-0.3, -0.25) is 29.7 Å². The van der Waals surface area contributed by atoms with E-state index in [1.165, 1.54) is 10.6 Å². The summed E-state index contributed by atoms with van der Waals surface area (Å²) in [6.07, 6.45) is 2.55. The smallest absolute Gasteiger partial charge is 0.269 e. The van der Waals surface area contributed by atoms with Gasteiger partial charge in [-0.2, -0.15) is 0 Å². The number of para-hydroxylation sites is 1. The molecule has 0 saturated carbocycles. The molecule has 29 heavy (non-hydrogen) atoms. The zero-order valence-corrected chi connectivity index (χ0v) is 16.4. The first kappa shape index (κ1) is 18.9. The molecule has 10 heteroatoms. The van der Waals surface area contributed by atoms with E-state index in [-0.39, 0.29) is 11.5 Å². The standard InChI is InChI=1S/C19H19N5O4S/c1-29(27,28)24-10-4-5-12-11-13(8-9-16(12)24)17(25)22-23-19-20-15-7-3-2-6-14(15)18(26)21-19/h2-3,6-9,11H,4-5,10H2,1H3,(H,22,25)(H2,20,21,23,26). The Morgan fingerprint density at radius 2 is 2.00 bits per heavy atom. The quantitative estimate of drug-likeness (QED) is 0.555. The Morgan fingerprint density at radius 1 is 1.21 bits per heavy atom. The molecule has 0 atom stereocenters. The fourth-order valence-electron chi connectivity index (χ4n) is 3.38. The van der Waals surface area contributed by atoms with Crippen LogP contribution >= 0.6 is 0 Å². The molecule has 0 spiro atoms. The number of hydrazine groups is 1. The number of hydrogen-bond acceptors (Lipinski definition) is 6. The number of anilines is 2. The van der Waals surface area contributed by atoms with Crippen molar-refractivity contribution in [3.05, 3.63) is 63.9 Å². The van der Waals surface area contributed by atoms with E-state index in [9.17, 15) is 18.0 Å². The summed E-state index contributed by atoms with van der Waals surface area (Å²) < 4.78 is 25.3. The van der Waals surface area contributed by atoms with Crippen molar-refractivity contribution >= 4 is 38.5 Å². The molecule has 0 fully saturated rings.